The minimum absolute atomic E-state index is 0.0192. The van der Waals surface area contributed by atoms with Crippen LogP contribution in [0.2, 0.25) is 5.02 Å². The fourth-order valence-corrected chi connectivity index (χ4v) is 4.25. The van der Waals surface area contributed by atoms with Gasteiger partial charge in [0.1, 0.15) is 10.8 Å². The summed E-state index contributed by atoms with van der Waals surface area (Å²) >= 11 is 8.17. The van der Waals surface area contributed by atoms with Gasteiger partial charge >= 0.3 is 0 Å². The number of aromatic nitrogens is 1. The second-order valence-corrected chi connectivity index (χ2v) is 6.38. The van der Waals surface area contributed by atoms with Crippen LogP contribution in [-0.2, 0) is 12.8 Å². The number of thiazole rings is 1. The summed E-state index contributed by atoms with van der Waals surface area (Å²) in [6.07, 6.45) is 3.49. The molecule has 106 valence electrons. The second-order valence-electron chi connectivity index (χ2n) is 4.85. The van der Waals surface area contributed by atoms with Crippen LogP contribution < -0.4 is 10.1 Å². The van der Waals surface area contributed by atoms with Crippen LogP contribution in [0.4, 0.5) is 0 Å². The van der Waals surface area contributed by atoms with Crippen molar-refractivity contribution in [3.05, 3.63) is 44.4 Å². The van der Waals surface area contributed by atoms with E-state index in [9.17, 15) is 0 Å². The molecule has 1 aliphatic rings. The molecule has 2 aromatic rings. The van der Waals surface area contributed by atoms with E-state index in [1.165, 1.54) is 17.0 Å². The molecule has 1 unspecified atom stereocenters. The molecule has 0 radical (unpaired) electrons. The number of methoxy groups -OCH3 is 1. The highest BCUT2D eigenvalue weighted by atomic mass is 35.5. The van der Waals surface area contributed by atoms with E-state index in [-0.39, 0.29) is 6.04 Å². The summed E-state index contributed by atoms with van der Waals surface area (Å²) < 4.78 is 5.46. The van der Waals surface area contributed by atoms with Gasteiger partial charge < -0.3 is 10.1 Å². The maximum Gasteiger partial charge on any atom is 0.125 e. The van der Waals surface area contributed by atoms with Crippen molar-refractivity contribution in [1.82, 2.24) is 10.3 Å². The third-order valence-electron chi connectivity index (χ3n) is 3.67. The average Bonchev–Trinajstić information content (AvgIpc) is 3.02. The highest BCUT2D eigenvalue weighted by Crippen LogP contribution is 2.39. The predicted molar refractivity (Wildman–Crippen MR) is 83.0 cm³/mol. The van der Waals surface area contributed by atoms with Crippen LogP contribution in [0.1, 0.15) is 33.6 Å². The Morgan fingerprint density at radius 2 is 2.25 bits per heavy atom. The van der Waals surface area contributed by atoms with Gasteiger partial charge in [0.25, 0.3) is 0 Å². The third-order valence-corrected chi connectivity index (χ3v) is 5.22. The number of hydrogen-bond donors (Lipinski definition) is 1. The van der Waals surface area contributed by atoms with E-state index in [4.69, 9.17) is 21.3 Å². The molecule has 0 saturated heterocycles. The smallest absolute Gasteiger partial charge is 0.125 e. The van der Waals surface area contributed by atoms with Crippen LogP contribution in [-0.4, -0.2) is 19.1 Å². The van der Waals surface area contributed by atoms with E-state index >= 15 is 0 Å². The maximum atomic E-state index is 6.38. The van der Waals surface area contributed by atoms with Crippen molar-refractivity contribution in [1.29, 1.82) is 0 Å². The maximum absolute atomic E-state index is 6.38. The predicted octanol–water partition coefficient (Wildman–Crippen LogP) is 3.60. The lowest BCUT2D eigenvalue weighted by molar-refractivity contribution is 0.405. The van der Waals surface area contributed by atoms with Gasteiger partial charge in [-0.1, -0.05) is 17.7 Å². The van der Waals surface area contributed by atoms with Gasteiger partial charge in [0.05, 0.1) is 18.8 Å². The SMILES string of the molecule is CNC(c1nc2c(s1)CCC2)c1c(Cl)cccc1OC. The lowest BCUT2D eigenvalue weighted by atomic mass is 10.1. The van der Waals surface area contributed by atoms with E-state index < -0.39 is 0 Å². The summed E-state index contributed by atoms with van der Waals surface area (Å²) in [7, 11) is 3.60. The van der Waals surface area contributed by atoms with Crippen LogP contribution in [0.5, 0.6) is 5.75 Å². The molecule has 0 fully saturated rings. The molecular formula is C15H17ClN2OS. The van der Waals surface area contributed by atoms with Crippen molar-refractivity contribution in [3.8, 4) is 5.75 Å². The first-order valence-electron chi connectivity index (χ1n) is 6.72. The lowest BCUT2D eigenvalue weighted by Gasteiger charge is -2.18. The average molecular weight is 309 g/mol. The zero-order chi connectivity index (χ0) is 14.1. The molecular weight excluding hydrogens is 292 g/mol. The molecule has 1 aliphatic carbocycles. The van der Waals surface area contributed by atoms with Crippen molar-refractivity contribution in [2.75, 3.05) is 14.2 Å². The first kappa shape index (κ1) is 13.9. The van der Waals surface area contributed by atoms with Crippen LogP contribution in [0, 0.1) is 0 Å². The molecule has 1 atom stereocenters. The first-order chi connectivity index (χ1) is 9.74. The van der Waals surface area contributed by atoms with Crippen molar-refractivity contribution < 1.29 is 4.74 Å². The molecule has 3 rings (SSSR count). The van der Waals surface area contributed by atoms with E-state index in [1.807, 2.05) is 25.2 Å². The zero-order valence-electron chi connectivity index (χ0n) is 11.6. The van der Waals surface area contributed by atoms with Gasteiger partial charge in [-0.2, -0.15) is 0 Å². The molecule has 0 amide bonds. The Morgan fingerprint density at radius 1 is 1.40 bits per heavy atom. The van der Waals surface area contributed by atoms with Gasteiger partial charge in [-0.15, -0.1) is 11.3 Å². The Kier molecular flexibility index (Phi) is 3.96. The van der Waals surface area contributed by atoms with Crippen molar-refractivity contribution in [2.45, 2.75) is 25.3 Å². The number of fused-ring (bicyclic) bond motifs is 1. The molecule has 1 heterocycles. The second kappa shape index (κ2) is 5.72. The van der Waals surface area contributed by atoms with E-state index in [0.29, 0.717) is 5.02 Å². The summed E-state index contributed by atoms with van der Waals surface area (Å²) in [5.41, 5.74) is 2.22. The number of halogens is 1. The van der Waals surface area contributed by atoms with Crippen LogP contribution in [0.25, 0.3) is 0 Å². The number of benzene rings is 1. The molecule has 0 saturated carbocycles. The largest absolute Gasteiger partial charge is 0.496 e. The minimum atomic E-state index is -0.0192. The molecule has 1 N–H and O–H groups in total. The quantitative estimate of drug-likeness (QED) is 0.937. The van der Waals surface area contributed by atoms with Crippen molar-refractivity contribution in [2.24, 2.45) is 0 Å². The van der Waals surface area contributed by atoms with Gasteiger partial charge in [0.2, 0.25) is 0 Å². The van der Waals surface area contributed by atoms with Crippen molar-refractivity contribution in [3.63, 3.8) is 0 Å². The fraction of sp³-hybridized carbons (Fsp3) is 0.400. The summed E-state index contributed by atoms with van der Waals surface area (Å²) in [4.78, 5) is 6.22. The Labute approximate surface area is 127 Å². The first-order valence-corrected chi connectivity index (χ1v) is 7.92. The molecule has 0 bridgehead atoms. The Bertz CT molecular complexity index is 605. The van der Waals surface area contributed by atoms with Gasteiger partial charge in [0.15, 0.2) is 0 Å². The van der Waals surface area contributed by atoms with Gasteiger partial charge in [-0.05, 0) is 38.4 Å². The Morgan fingerprint density at radius 3 is 2.95 bits per heavy atom. The van der Waals surface area contributed by atoms with Crippen LogP contribution in [0.15, 0.2) is 18.2 Å². The molecule has 1 aromatic heterocycles. The van der Waals surface area contributed by atoms with Gasteiger partial charge in [-0.3, -0.25) is 0 Å². The monoisotopic (exact) mass is 308 g/mol. The van der Waals surface area contributed by atoms with E-state index in [0.717, 1.165) is 29.2 Å². The molecule has 5 heteroatoms. The standard InChI is InChI=1S/C15H17ClN2OS/c1-17-14(13-9(16)5-3-7-11(13)19-2)15-18-10-6-4-8-12(10)20-15/h3,5,7,14,17H,4,6,8H2,1-2H3. The number of rotatable bonds is 4. The Hall–Kier alpha value is -1.10. The number of nitrogens with zero attached hydrogens (tertiary/aromatic N) is 1. The van der Waals surface area contributed by atoms with Crippen molar-refractivity contribution >= 4 is 22.9 Å². The van der Waals surface area contributed by atoms with Gasteiger partial charge in [0, 0.05) is 15.5 Å². The topological polar surface area (TPSA) is 34.2 Å². The normalized spacial score (nSPS) is 15.2. The fourth-order valence-electron chi connectivity index (χ4n) is 2.70. The molecule has 3 nitrogen and oxygen atoms in total. The number of aryl methyl sites for hydroxylation is 2. The number of ether oxygens (including phenoxy) is 1. The third kappa shape index (κ3) is 2.32. The van der Waals surface area contributed by atoms with Crippen LogP contribution in [0.3, 0.4) is 0 Å². The number of nitrogens with one attached hydrogen (secondary N) is 1. The zero-order valence-corrected chi connectivity index (χ0v) is 13.1. The lowest BCUT2D eigenvalue weighted by Crippen LogP contribution is -2.19. The molecule has 20 heavy (non-hydrogen) atoms. The van der Waals surface area contributed by atoms with Gasteiger partial charge in [-0.25, -0.2) is 4.98 Å². The van der Waals surface area contributed by atoms with Crippen LogP contribution >= 0.6 is 22.9 Å². The van der Waals surface area contributed by atoms with E-state index in [1.54, 1.807) is 18.4 Å². The number of hydrogen-bond acceptors (Lipinski definition) is 4. The molecule has 0 aliphatic heterocycles. The Balaban J connectivity index is 2.05. The summed E-state index contributed by atoms with van der Waals surface area (Å²) in [6.45, 7) is 0. The summed E-state index contributed by atoms with van der Waals surface area (Å²) in [5.74, 6) is 0.798. The van der Waals surface area contributed by atoms with E-state index in [2.05, 4.69) is 5.32 Å². The highest BCUT2D eigenvalue weighted by Gasteiger charge is 2.25. The molecule has 0 spiro atoms. The summed E-state index contributed by atoms with van der Waals surface area (Å²) in [6, 6.07) is 5.71. The minimum Gasteiger partial charge on any atom is -0.496 e. The summed E-state index contributed by atoms with van der Waals surface area (Å²) in [5, 5.41) is 5.10. The molecule has 1 aromatic carbocycles. The highest BCUT2D eigenvalue weighted by molar-refractivity contribution is 7.11.